The second-order valence-electron chi connectivity index (χ2n) is 5.53. The molecule has 3 rings (SSSR count). The summed E-state index contributed by atoms with van der Waals surface area (Å²) in [6.45, 7) is 0. The van der Waals surface area contributed by atoms with Gasteiger partial charge in [0, 0.05) is 12.0 Å². The van der Waals surface area contributed by atoms with Crippen molar-refractivity contribution in [2.24, 2.45) is 0 Å². The van der Waals surface area contributed by atoms with Gasteiger partial charge in [-0.15, -0.1) is 0 Å². The molecule has 3 nitrogen and oxygen atoms in total. The first kappa shape index (κ1) is 14.6. The number of nitrogens with one attached hydrogen (secondary N) is 1. The Morgan fingerprint density at radius 3 is 2.73 bits per heavy atom. The first-order chi connectivity index (χ1) is 10.7. The molecule has 0 spiro atoms. The second kappa shape index (κ2) is 6.18. The summed E-state index contributed by atoms with van der Waals surface area (Å²) in [5.74, 6) is 0.640. The highest BCUT2D eigenvalue weighted by Crippen LogP contribution is 2.44. The van der Waals surface area contributed by atoms with Crippen LogP contribution in [-0.4, -0.2) is 19.1 Å². The van der Waals surface area contributed by atoms with Crippen molar-refractivity contribution in [3.63, 3.8) is 0 Å². The number of rotatable bonds is 5. The van der Waals surface area contributed by atoms with Gasteiger partial charge in [0.05, 0.1) is 13.5 Å². The molecule has 2 aromatic carbocycles. The van der Waals surface area contributed by atoms with E-state index in [1.807, 2.05) is 24.3 Å². The van der Waals surface area contributed by atoms with E-state index < -0.39 is 0 Å². The van der Waals surface area contributed by atoms with E-state index in [-0.39, 0.29) is 30.1 Å². The van der Waals surface area contributed by atoms with E-state index in [2.05, 4.69) is 5.32 Å². The molecular weight excluding hydrogens is 281 g/mol. The Kier molecular flexibility index (Phi) is 4.09. The summed E-state index contributed by atoms with van der Waals surface area (Å²) >= 11 is 0. The van der Waals surface area contributed by atoms with E-state index in [9.17, 15) is 9.18 Å². The third-order valence-corrected chi connectivity index (χ3v) is 3.98. The normalized spacial score (nSPS) is 19.5. The molecule has 1 amide bonds. The predicted octanol–water partition coefficient (Wildman–Crippen LogP) is 3.05. The van der Waals surface area contributed by atoms with E-state index in [0.29, 0.717) is 5.56 Å². The molecule has 1 aliphatic rings. The Balaban J connectivity index is 1.59. The van der Waals surface area contributed by atoms with Crippen LogP contribution in [0.2, 0.25) is 0 Å². The van der Waals surface area contributed by atoms with Crippen molar-refractivity contribution in [2.45, 2.75) is 24.8 Å². The van der Waals surface area contributed by atoms with Crippen LogP contribution in [-0.2, 0) is 11.2 Å². The first-order valence-corrected chi connectivity index (χ1v) is 7.34. The van der Waals surface area contributed by atoms with Gasteiger partial charge in [-0.2, -0.15) is 0 Å². The lowest BCUT2D eigenvalue weighted by molar-refractivity contribution is -0.120. The molecule has 1 fully saturated rings. The lowest BCUT2D eigenvalue weighted by atomic mass is 10.1. The number of hydrogen-bond donors (Lipinski definition) is 1. The molecule has 0 bridgehead atoms. The number of para-hydroxylation sites is 1. The van der Waals surface area contributed by atoms with Crippen LogP contribution >= 0.6 is 0 Å². The van der Waals surface area contributed by atoms with E-state index in [1.54, 1.807) is 25.3 Å². The van der Waals surface area contributed by atoms with Crippen LogP contribution in [0.15, 0.2) is 48.5 Å². The smallest absolute Gasteiger partial charge is 0.224 e. The molecule has 4 heteroatoms. The third-order valence-electron chi connectivity index (χ3n) is 3.98. The van der Waals surface area contributed by atoms with Crippen molar-refractivity contribution >= 4 is 5.91 Å². The molecule has 2 aromatic rings. The van der Waals surface area contributed by atoms with Crippen molar-refractivity contribution in [3.8, 4) is 5.75 Å². The zero-order valence-electron chi connectivity index (χ0n) is 12.4. The fourth-order valence-electron chi connectivity index (χ4n) is 2.74. The SMILES string of the molecule is COc1ccccc1[C@H]1C[C@@H]1NC(=O)Cc1ccccc1F. The monoisotopic (exact) mass is 299 g/mol. The summed E-state index contributed by atoms with van der Waals surface area (Å²) in [6, 6.07) is 14.3. The Morgan fingerprint density at radius 2 is 1.95 bits per heavy atom. The minimum atomic E-state index is -0.338. The maximum Gasteiger partial charge on any atom is 0.224 e. The quantitative estimate of drug-likeness (QED) is 0.921. The number of benzene rings is 2. The molecular formula is C18H18FNO2. The summed E-state index contributed by atoms with van der Waals surface area (Å²) in [5.41, 5.74) is 1.54. The molecule has 1 aliphatic carbocycles. The van der Waals surface area contributed by atoms with Gasteiger partial charge in [-0.25, -0.2) is 4.39 Å². The fourth-order valence-corrected chi connectivity index (χ4v) is 2.74. The summed E-state index contributed by atoms with van der Waals surface area (Å²) in [5, 5.41) is 2.97. The largest absolute Gasteiger partial charge is 0.496 e. The van der Waals surface area contributed by atoms with Gasteiger partial charge in [-0.3, -0.25) is 4.79 Å². The molecule has 0 radical (unpaired) electrons. The highest BCUT2D eigenvalue weighted by molar-refractivity contribution is 5.79. The minimum absolute atomic E-state index is 0.0712. The van der Waals surface area contributed by atoms with Crippen LogP contribution < -0.4 is 10.1 Å². The van der Waals surface area contributed by atoms with Crippen LogP contribution in [0.3, 0.4) is 0 Å². The Hall–Kier alpha value is -2.36. The molecule has 114 valence electrons. The highest BCUT2D eigenvalue weighted by Gasteiger charge is 2.40. The highest BCUT2D eigenvalue weighted by atomic mass is 19.1. The van der Waals surface area contributed by atoms with Gasteiger partial charge in [0.1, 0.15) is 11.6 Å². The van der Waals surface area contributed by atoms with Crippen LogP contribution in [0, 0.1) is 5.82 Å². The predicted molar refractivity (Wildman–Crippen MR) is 82.4 cm³/mol. The van der Waals surface area contributed by atoms with E-state index in [1.165, 1.54) is 6.07 Å². The summed E-state index contributed by atoms with van der Waals surface area (Å²) in [6.07, 6.45) is 0.963. The van der Waals surface area contributed by atoms with Crippen molar-refractivity contribution in [1.82, 2.24) is 5.32 Å². The molecule has 0 aliphatic heterocycles. The van der Waals surface area contributed by atoms with E-state index in [4.69, 9.17) is 4.74 Å². The van der Waals surface area contributed by atoms with Crippen LogP contribution in [0.25, 0.3) is 0 Å². The summed E-state index contributed by atoms with van der Waals surface area (Å²) in [4.78, 5) is 12.0. The van der Waals surface area contributed by atoms with Crippen LogP contribution in [0.4, 0.5) is 4.39 Å². The van der Waals surface area contributed by atoms with Crippen molar-refractivity contribution in [3.05, 3.63) is 65.5 Å². The minimum Gasteiger partial charge on any atom is -0.496 e. The first-order valence-electron chi connectivity index (χ1n) is 7.34. The molecule has 2 atom stereocenters. The number of methoxy groups -OCH3 is 1. The van der Waals surface area contributed by atoms with Crippen LogP contribution in [0.5, 0.6) is 5.75 Å². The molecule has 1 N–H and O–H groups in total. The molecule has 0 heterocycles. The zero-order valence-corrected chi connectivity index (χ0v) is 12.4. The van der Waals surface area contributed by atoms with Gasteiger partial charge in [0.15, 0.2) is 0 Å². The topological polar surface area (TPSA) is 38.3 Å². The van der Waals surface area contributed by atoms with Crippen LogP contribution in [0.1, 0.15) is 23.5 Å². The average molecular weight is 299 g/mol. The number of hydrogen-bond acceptors (Lipinski definition) is 2. The third kappa shape index (κ3) is 3.11. The zero-order chi connectivity index (χ0) is 15.5. The standard InChI is InChI=1S/C18H18FNO2/c1-22-17-9-5-3-7-13(17)14-11-16(14)20-18(21)10-12-6-2-4-8-15(12)19/h2-9,14,16H,10-11H2,1H3,(H,20,21)/t14-,16+/m1/s1. The Labute approximate surface area is 129 Å². The van der Waals surface area contributed by atoms with Crippen molar-refractivity contribution in [2.75, 3.05) is 7.11 Å². The average Bonchev–Trinajstić information content (AvgIpc) is 3.28. The Morgan fingerprint density at radius 1 is 1.23 bits per heavy atom. The number of ether oxygens (including phenoxy) is 1. The number of carbonyl (C=O) groups is 1. The van der Waals surface area contributed by atoms with Gasteiger partial charge >= 0.3 is 0 Å². The maximum absolute atomic E-state index is 13.5. The lowest BCUT2D eigenvalue weighted by Gasteiger charge is -2.09. The molecule has 22 heavy (non-hydrogen) atoms. The molecule has 0 unspecified atom stereocenters. The van der Waals surface area contributed by atoms with Gasteiger partial charge in [-0.05, 0) is 29.7 Å². The molecule has 0 aromatic heterocycles. The van der Waals surface area contributed by atoms with Crippen molar-refractivity contribution < 1.29 is 13.9 Å². The molecule has 0 saturated heterocycles. The van der Waals surface area contributed by atoms with Gasteiger partial charge < -0.3 is 10.1 Å². The van der Waals surface area contributed by atoms with Gasteiger partial charge in [-0.1, -0.05) is 36.4 Å². The molecule has 1 saturated carbocycles. The van der Waals surface area contributed by atoms with Gasteiger partial charge in [0.25, 0.3) is 0 Å². The lowest BCUT2D eigenvalue weighted by Crippen LogP contribution is -2.28. The Bertz CT molecular complexity index is 686. The number of halogens is 1. The summed E-state index contributed by atoms with van der Waals surface area (Å²) < 4.78 is 18.9. The van der Waals surface area contributed by atoms with E-state index >= 15 is 0 Å². The number of carbonyl (C=O) groups excluding carboxylic acids is 1. The fraction of sp³-hybridized carbons (Fsp3) is 0.278. The number of amides is 1. The maximum atomic E-state index is 13.5. The van der Waals surface area contributed by atoms with E-state index in [0.717, 1.165) is 17.7 Å². The second-order valence-corrected chi connectivity index (χ2v) is 5.53. The van der Waals surface area contributed by atoms with Crippen molar-refractivity contribution in [1.29, 1.82) is 0 Å². The van der Waals surface area contributed by atoms with Gasteiger partial charge in [0.2, 0.25) is 5.91 Å². The summed E-state index contributed by atoms with van der Waals surface area (Å²) in [7, 11) is 1.65.